The molecule has 0 aromatic heterocycles. The van der Waals surface area contributed by atoms with Crippen LogP contribution >= 0.6 is 0 Å². The van der Waals surface area contributed by atoms with Crippen molar-refractivity contribution in [1.82, 2.24) is 0 Å². The Labute approximate surface area is 108 Å². The molecular weight excluding hydrogens is 235 g/mol. The lowest BCUT2D eigenvalue weighted by atomic mass is 10.0. The Hall–Kier alpha value is -0.970. The van der Waals surface area contributed by atoms with Crippen LogP contribution in [-0.2, 0) is 20.8 Å². The van der Waals surface area contributed by atoms with Gasteiger partial charge in [-0.2, -0.15) is 0 Å². The summed E-state index contributed by atoms with van der Waals surface area (Å²) < 4.78 is 29.0. The molecule has 1 unspecified atom stereocenters. The molecule has 1 atom stereocenters. The van der Waals surface area contributed by atoms with Crippen molar-refractivity contribution in [2.45, 2.75) is 25.6 Å². The Balaban J connectivity index is 2.45. The van der Waals surface area contributed by atoms with Crippen molar-refractivity contribution >= 4 is 0 Å². The SMILES string of the molecule is CCC(COC)(COCc1ccc(F)cc1)OC. The van der Waals surface area contributed by atoms with Crippen LogP contribution in [0, 0.1) is 5.82 Å². The normalized spacial score (nSPS) is 14.4. The van der Waals surface area contributed by atoms with Gasteiger partial charge in [-0.15, -0.1) is 0 Å². The maximum Gasteiger partial charge on any atom is 0.123 e. The number of methoxy groups -OCH3 is 2. The lowest BCUT2D eigenvalue weighted by Gasteiger charge is -2.30. The molecule has 0 fully saturated rings. The summed E-state index contributed by atoms with van der Waals surface area (Å²) in [4.78, 5) is 0. The molecule has 0 N–H and O–H groups in total. The Morgan fingerprint density at radius 2 is 1.78 bits per heavy atom. The van der Waals surface area contributed by atoms with Crippen LogP contribution in [0.1, 0.15) is 18.9 Å². The fourth-order valence-electron chi connectivity index (χ4n) is 1.71. The predicted octanol–water partition coefficient (Wildman–Crippen LogP) is 2.78. The summed E-state index contributed by atoms with van der Waals surface area (Å²) in [7, 11) is 3.30. The molecule has 3 nitrogen and oxygen atoms in total. The second kappa shape index (κ2) is 7.46. The first-order chi connectivity index (χ1) is 8.65. The number of hydrogen-bond acceptors (Lipinski definition) is 3. The van der Waals surface area contributed by atoms with Gasteiger partial charge >= 0.3 is 0 Å². The molecule has 1 rings (SSSR count). The average Bonchev–Trinajstić information content (AvgIpc) is 2.40. The minimum absolute atomic E-state index is 0.238. The van der Waals surface area contributed by atoms with Crippen molar-refractivity contribution in [3.05, 3.63) is 35.6 Å². The molecule has 4 heteroatoms. The molecule has 0 heterocycles. The Morgan fingerprint density at radius 3 is 2.28 bits per heavy atom. The lowest BCUT2D eigenvalue weighted by Crippen LogP contribution is -2.40. The van der Waals surface area contributed by atoms with E-state index in [0.717, 1.165) is 12.0 Å². The zero-order valence-corrected chi connectivity index (χ0v) is 11.2. The van der Waals surface area contributed by atoms with Crippen LogP contribution in [0.3, 0.4) is 0 Å². The topological polar surface area (TPSA) is 27.7 Å². The Morgan fingerprint density at radius 1 is 1.11 bits per heavy atom. The van der Waals surface area contributed by atoms with E-state index in [0.29, 0.717) is 19.8 Å². The molecule has 0 aliphatic carbocycles. The maximum atomic E-state index is 12.7. The van der Waals surface area contributed by atoms with Crippen LogP contribution in [0.5, 0.6) is 0 Å². The summed E-state index contributed by atoms with van der Waals surface area (Å²) >= 11 is 0. The molecule has 102 valence electrons. The highest BCUT2D eigenvalue weighted by molar-refractivity contribution is 5.14. The standard InChI is InChI=1S/C14H21FO3/c1-4-14(17-3,10-16-2)11-18-9-12-5-7-13(15)8-6-12/h5-8H,4,9-11H2,1-3H3. The molecule has 0 saturated carbocycles. The Kier molecular flexibility index (Phi) is 6.25. The van der Waals surface area contributed by atoms with Crippen LogP contribution in [0.2, 0.25) is 0 Å². The van der Waals surface area contributed by atoms with E-state index in [1.165, 1.54) is 12.1 Å². The van der Waals surface area contributed by atoms with E-state index in [-0.39, 0.29) is 5.82 Å². The molecule has 0 aliphatic heterocycles. The molecular formula is C14H21FO3. The van der Waals surface area contributed by atoms with Gasteiger partial charge < -0.3 is 14.2 Å². The van der Waals surface area contributed by atoms with E-state index in [1.54, 1.807) is 26.4 Å². The summed E-state index contributed by atoms with van der Waals surface area (Å²) in [5, 5.41) is 0. The van der Waals surface area contributed by atoms with Gasteiger partial charge in [0, 0.05) is 14.2 Å². The van der Waals surface area contributed by atoms with Gasteiger partial charge in [0.05, 0.1) is 19.8 Å². The summed E-state index contributed by atoms with van der Waals surface area (Å²) in [6.45, 7) is 3.41. The average molecular weight is 256 g/mol. The molecule has 1 aromatic rings. The number of halogens is 1. The van der Waals surface area contributed by atoms with Crippen LogP contribution in [0.25, 0.3) is 0 Å². The van der Waals surface area contributed by atoms with E-state index >= 15 is 0 Å². The summed E-state index contributed by atoms with van der Waals surface area (Å²) in [6.07, 6.45) is 0.806. The largest absolute Gasteiger partial charge is 0.382 e. The van der Waals surface area contributed by atoms with Crippen LogP contribution in [0.15, 0.2) is 24.3 Å². The van der Waals surface area contributed by atoms with Crippen LogP contribution < -0.4 is 0 Å². The monoisotopic (exact) mass is 256 g/mol. The van der Waals surface area contributed by atoms with E-state index in [2.05, 4.69) is 0 Å². The maximum absolute atomic E-state index is 12.7. The fourth-order valence-corrected chi connectivity index (χ4v) is 1.71. The quantitative estimate of drug-likeness (QED) is 0.716. The van der Waals surface area contributed by atoms with Crippen molar-refractivity contribution in [1.29, 1.82) is 0 Å². The summed E-state index contributed by atoms with van der Waals surface area (Å²) in [5.74, 6) is -0.238. The number of rotatable bonds is 8. The zero-order chi connectivity index (χ0) is 13.4. The molecule has 0 saturated heterocycles. The lowest BCUT2D eigenvalue weighted by molar-refractivity contribution is -0.116. The van der Waals surface area contributed by atoms with Gasteiger partial charge in [0.15, 0.2) is 0 Å². The third-order valence-electron chi connectivity index (χ3n) is 3.03. The van der Waals surface area contributed by atoms with Gasteiger partial charge in [-0.05, 0) is 24.1 Å². The highest BCUT2D eigenvalue weighted by atomic mass is 19.1. The highest BCUT2D eigenvalue weighted by Gasteiger charge is 2.28. The highest BCUT2D eigenvalue weighted by Crippen LogP contribution is 2.17. The van der Waals surface area contributed by atoms with Gasteiger partial charge in [-0.1, -0.05) is 19.1 Å². The third kappa shape index (κ3) is 4.37. The van der Waals surface area contributed by atoms with Crippen molar-refractivity contribution < 1.29 is 18.6 Å². The summed E-state index contributed by atoms with van der Waals surface area (Å²) in [6, 6.07) is 6.28. The fraction of sp³-hybridized carbons (Fsp3) is 0.571. The van der Waals surface area contributed by atoms with Crippen LogP contribution in [-0.4, -0.2) is 33.0 Å². The van der Waals surface area contributed by atoms with Gasteiger partial charge in [-0.3, -0.25) is 0 Å². The molecule has 18 heavy (non-hydrogen) atoms. The minimum atomic E-state index is -0.408. The first kappa shape index (κ1) is 15.1. The van der Waals surface area contributed by atoms with Crippen molar-refractivity contribution in [2.75, 3.05) is 27.4 Å². The van der Waals surface area contributed by atoms with Gasteiger partial charge in [-0.25, -0.2) is 4.39 Å². The van der Waals surface area contributed by atoms with Crippen molar-refractivity contribution in [2.24, 2.45) is 0 Å². The molecule has 0 spiro atoms. The zero-order valence-electron chi connectivity index (χ0n) is 11.2. The molecule has 0 amide bonds. The van der Waals surface area contributed by atoms with Crippen molar-refractivity contribution in [3.63, 3.8) is 0 Å². The molecule has 0 bridgehead atoms. The number of hydrogen-bond donors (Lipinski definition) is 0. The van der Waals surface area contributed by atoms with Gasteiger partial charge in [0.25, 0.3) is 0 Å². The number of benzene rings is 1. The van der Waals surface area contributed by atoms with E-state index < -0.39 is 5.60 Å². The first-order valence-electron chi connectivity index (χ1n) is 6.02. The van der Waals surface area contributed by atoms with Gasteiger partial charge in [0.2, 0.25) is 0 Å². The predicted molar refractivity (Wildman–Crippen MR) is 68.0 cm³/mol. The Bertz CT molecular complexity index is 333. The van der Waals surface area contributed by atoms with Crippen molar-refractivity contribution in [3.8, 4) is 0 Å². The van der Waals surface area contributed by atoms with E-state index in [9.17, 15) is 4.39 Å². The minimum Gasteiger partial charge on any atom is -0.382 e. The smallest absolute Gasteiger partial charge is 0.123 e. The molecule has 0 radical (unpaired) electrons. The second-order valence-electron chi connectivity index (χ2n) is 4.29. The van der Waals surface area contributed by atoms with Gasteiger partial charge in [0.1, 0.15) is 11.4 Å². The summed E-state index contributed by atoms with van der Waals surface area (Å²) in [5.41, 5.74) is 0.532. The third-order valence-corrected chi connectivity index (χ3v) is 3.03. The molecule has 1 aromatic carbocycles. The molecule has 0 aliphatic rings. The second-order valence-corrected chi connectivity index (χ2v) is 4.29. The van der Waals surface area contributed by atoms with Crippen LogP contribution in [0.4, 0.5) is 4.39 Å². The van der Waals surface area contributed by atoms with E-state index in [4.69, 9.17) is 14.2 Å². The van der Waals surface area contributed by atoms with E-state index in [1.807, 2.05) is 6.92 Å². The number of ether oxygens (including phenoxy) is 3. The first-order valence-corrected chi connectivity index (χ1v) is 6.02.